The Labute approximate surface area is 99.7 Å². The van der Waals surface area contributed by atoms with Crippen LogP contribution in [0.4, 0.5) is 22.0 Å². The van der Waals surface area contributed by atoms with Gasteiger partial charge < -0.3 is 0 Å². The molecule has 1 aromatic carbocycles. The number of hydrogen-bond acceptors (Lipinski definition) is 2. The van der Waals surface area contributed by atoms with E-state index in [-0.39, 0.29) is 5.56 Å². The molecule has 0 aliphatic heterocycles. The van der Waals surface area contributed by atoms with Crippen molar-refractivity contribution >= 4 is 10.0 Å². The van der Waals surface area contributed by atoms with E-state index in [2.05, 4.69) is 0 Å². The van der Waals surface area contributed by atoms with Crippen LogP contribution < -0.4 is 4.72 Å². The first-order chi connectivity index (χ1) is 8.08. The van der Waals surface area contributed by atoms with Crippen LogP contribution in [0.25, 0.3) is 0 Å². The maximum absolute atomic E-state index is 12.6. The number of benzene rings is 1. The van der Waals surface area contributed by atoms with Crippen LogP contribution in [0.1, 0.15) is 5.56 Å². The molecule has 0 amide bonds. The molecule has 0 unspecified atom stereocenters. The number of halogens is 5. The van der Waals surface area contributed by atoms with Gasteiger partial charge in [0, 0.05) is 6.54 Å². The lowest BCUT2D eigenvalue weighted by Crippen LogP contribution is -2.49. The van der Waals surface area contributed by atoms with Gasteiger partial charge in [-0.2, -0.15) is 22.0 Å². The maximum atomic E-state index is 12.6. The Hall–Kier alpha value is -1.22. The van der Waals surface area contributed by atoms with Crippen molar-refractivity contribution in [2.45, 2.75) is 18.0 Å². The summed E-state index contributed by atoms with van der Waals surface area (Å²) in [5, 5.41) is -5.82. The molecule has 0 saturated heterocycles. The van der Waals surface area contributed by atoms with Crippen molar-refractivity contribution in [3.63, 3.8) is 0 Å². The summed E-state index contributed by atoms with van der Waals surface area (Å²) >= 11 is 0. The second-order valence-electron chi connectivity index (χ2n) is 3.32. The van der Waals surface area contributed by atoms with Crippen LogP contribution in [0.5, 0.6) is 0 Å². The van der Waals surface area contributed by atoms with Crippen molar-refractivity contribution in [3.05, 3.63) is 35.9 Å². The molecule has 102 valence electrons. The molecule has 0 fully saturated rings. The van der Waals surface area contributed by atoms with Crippen LogP contribution in [-0.4, -0.2) is 19.8 Å². The van der Waals surface area contributed by atoms with Gasteiger partial charge in [0.15, 0.2) is 0 Å². The molecule has 0 heterocycles. The van der Waals surface area contributed by atoms with Gasteiger partial charge in [-0.3, -0.25) is 0 Å². The zero-order valence-electron chi connectivity index (χ0n) is 8.71. The van der Waals surface area contributed by atoms with Crippen molar-refractivity contribution in [2.75, 3.05) is 0 Å². The van der Waals surface area contributed by atoms with Crippen molar-refractivity contribution < 1.29 is 30.4 Å². The topological polar surface area (TPSA) is 46.2 Å². The number of nitrogens with one attached hydrogen (secondary N) is 1. The molecule has 1 N–H and O–H groups in total. The quantitative estimate of drug-likeness (QED) is 0.864. The van der Waals surface area contributed by atoms with E-state index >= 15 is 0 Å². The fourth-order valence-corrected chi connectivity index (χ4v) is 1.86. The molecule has 0 aliphatic rings. The minimum Gasteiger partial charge on any atom is -0.206 e. The van der Waals surface area contributed by atoms with Crippen LogP contribution in [0.15, 0.2) is 30.3 Å². The molecule has 0 bridgehead atoms. The Bertz CT molecular complexity index is 497. The van der Waals surface area contributed by atoms with E-state index in [1.807, 2.05) is 0 Å². The third kappa shape index (κ3) is 2.96. The van der Waals surface area contributed by atoms with Gasteiger partial charge in [0.05, 0.1) is 0 Å². The molecule has 0 atom stereocenters. The van der Waals surface area contributed by atoms with Gasteiger partial charge in [-0.05, 0) is 5.56 Å². The van der Waals surface area contributed by atoms with Crippen LogP contribution in [0.2, 0.25) is 0 Å². The highest BCUT2D eigenvalue weighted by Gasteiger charge is 2.67. The predicted molar refractivity (Wildman–Crippen MR) is 53.2 cm³/mol. The lowest BCUT2D eigenvalue weighted by atomic mass is 10.2. The smallest absolute Gasteiger partial charge is 0.206 e. The summed E-state index contributed by atoms with van der Waals surface area (Å²) in [4.78, 5) is 0. The molecule has 9 heteroatoms. The molecule has 0 radical (unpaired) electrons. The van der Waals surface area contributed by atoms with E-state index in [4.69, 9.17) is 0 Å². The van der Waals surface area contributed by atoms with Gasteiger partial charge >= 0.3 is 11.4 Å². The Kier molecular flexibility index (Phi) is 3.96. The van der Waals surface area contributed by atoms with Gasteiger partial charge in [0.25, 0.3) is 10.0 Å². The van der Waals surface area contributed by atoms with Crippen molar-refractivity contribution in [2.24, 2.45) is 0 Å². The molecule has 0 aromatic heterocycles. The Balaban J connectivity index is 2.84. The zero-order chi connectivity index (χ0) is 14.0. The molecule has 18 heavy (non-hydrogen) atoms. The highest BCUT2D eigenvalue weighted by Crippen LogP contribution is 2.39. The fraction of sp³-hybridized carbons (Fsp3) is 0.333. The molecule has 1 rings (SSSR count). The molecule has 0 saturated carbocycles. The van der Waals surface area contributed by atoms with E-state index in [0.717, 1.165) is 0 Å². The average molecular weight is 289 g/mol. The second kappa shape index (κ2) is 4.81. The lowest BCUT2D eigenvalue weighted by Gasteiger charge is -2.19. The summed E-state index contributed by atoms with van der Waals surface area (Å²) in [7, 11) is -5.82. The third-order valence-electron chi connectivity index (χ3n) is 1.98. The van der Waals surface area contributed by atoms with Gasteiger partial charge in [-0.15, -0.1) is 0 Å². The summed E-state index contributed by atoms with van der Waals surface area (Å²) < 4.78 is 83.9. The van der Waals surface area contributed by atoms with Crippen LogP contribution in [0.3, 0.4) is 0 Å². The van der Waals surface area contributed by atoms with Crippen molar-refractivity contribution in [3.8, 4) is 0 Å². The minimum atomic E-state index is -6.16. The summed E-state index contributed by atoms with van der Waals surface area (Å²) in [5.74, 6) is 0. The van der Waals surface area contributed by atoms with Gasteiger partial charge in [-0.25, -0.2) is 13.1 Å². The standard InChI is InChI=1S/C9H8F5NO2S/c10-8(11,12)9(13,14)18(16,17)15-6-7-4-2-1-3-5-7/h1-5,15H,6H2. The third-order valence-corrected chi connectivity index (χ3v) is 3.41. The van der Waals surface area contributed by atoms with E-state index in [0.29, 0.717) is 0 Å². The van der Waals surface area contributed by atoms with E-state index in [1.54, 1.807) is 6.07 Å². The van der Waals surface area contributed by atoms with Crippen LogP contribution in [-0.2, 0) is 16.6 Å². The number of hydrogen-bond donors (Lipinski definition) is 1. The fourth-order valence-electron chi connectivity index (χ4n) is 1.02. The predicted octanol–water partition coefficient (Wildman–Crippen LogP) is 2.26. The highest BCUT2D eigenvalue weighted by molar-refractivity contribution is 7.90. The van der Waals surface area contributed by atoms with Crippen molar-refractivity contribution in [1.82, 2.24) is 4.72 Å². The molecule has 3 nitrogen and oxygen atoms in total. The Morgan fingerprint density at radius 3 is 1.94 bits per heavy atom. The van der Waals surface area contributed by atoms with Gasteiger partial charge in [0.2, 0.25) is 0 Å². The Morgan fingerprint density at radius 1 is 1.00 bits per heavy atom. The summed E-state index contributed by atoms with van der Waals surface area (Å²) in [5.41, 5.74) is 0.263. The molecule has 0 aliphatic carbocycles. The van der Waals surface area contributed by atoms with Gasteiger partial charge in [-0.1, -0.05) is 30.3 Å². The minimum absolute atomic E-state index is 0.263. The first kappa shape index (κ1) is 14.8. The first-order valence-electron chi connectivity index (χ1n) is 4.55. The summed E-state index contributed by atoms with van der Waals surface area (Å²) in [6, 6.07) is 7.34. The van der Waals surface area contributed by atoms with E-state index in [1.165, 1.54) is 29.0 Å². The molecule has 0 spiro atoms. The van der Waals surface area contributed by atoms with E-state index < -0.39 is 28.0 Å². The molecule has 1 aromatic rings. The van der Waals surface area contributed by atoms with Crippen molar-refractivity contribution in [1.29, 1.82) is 0 Å². The van der Waals surface area contributed by atoms with Gasteiger partial charge in [0.1, 0.15) is 0 Å². The summed E-state index contributed by atoms with van der Waals surface area (Å²) in [6.07, 6.45) is -6.16. The first-order valence-corrected chi connectivity index (χ1v) is 6.04. The number of alkyl halides is 5. The maximum Gasteiger partial charge on any atom is 0.470 e. The van der Waals surface area contributed by atoms with E-state index in [9.17, 15) is 30.4 Å². The van der Waals surface area contributed by atoms with Crippen LogP contribution in [0, 0.1) is 0 Å². The monoisotopic (exact) mass is 289 g/mol. The van der Waals surface area contributed by atoms with Crippen LogP contribution >= 0.6 is 0 Å². The largest absolute Gasteiger partial charge is 0.470 e. The SMILES string of the molecule is O=S(=O)(NCc1ccccc1)C(F)(F)C(F)(F)F. The lowest BCUT2D eigenvalue weighted by molar-refractivity contribution is -0.241. The average Bonchev–Trinajstić information content (AvgIpc) is 2.26. The number of rotatable bonds is 4. The second-order valence-corrected chi connectivity index (χ2v) is 5.13. The Morgan fingerprint density at radius 2 is 1.50 bits per heavy atom. The number of sulfonamides is 1. The summed E-state index contributed by atoms with van der Waals surface area (Å²) in [6.45, 7) is -0.644. The highest BCUT2D eigenvalue weighted by atomic mass is 32.2. The molecular weight excluding hydrogens is 281 g/mol. The normalized spacial score (nSPS) is 13.6. The zero-order valence-corrected chi connectivity index (χ0v) is 9.52. The molecular formula is C9H8F5NO2S.